The van der Waals surface area contributed by atoms with Crippen LogP contribution in [0.4, 0.5) is 11.5 Å². The van der Waals surface area contributed by atoms with Gasteiger partial charge in [0.2, 0.25) is 0 Å². The Labute approximate surface area is 116 Å². The molecule has 7 heteroatoms. The maximum Gasteiger partial charge on any atom is 0.332 e. The first-order valence-corrected chi connectivity index (χ1v) is 6.30. The van der Waals surface area contributed by atoms with Crippen molar-refractivity contribution >= 4 is 23.4 Å². The van der Waals surface area contributed by atoms with Gasteiger partial charge in [-0.3, -0.25) is 4.79 Å². The minimum Gasteiger partial charge on any atom is -0.479 e. The summed E-state index contributed by atoms with van der Waals surface area (Å²) in [6.07, 6.45) is 0.707. The Hall–Kier alpha value is -2.15. The molecule has 1 aromatic rings. The van der Waals surface area contributed by atoms with Crippen LogP contribution in [0.2, 0.25) is 0 Å². The first kappa shape index (κ1) is 14.3. The summed E-state index contributed by atoms with van der Waals surface area (Å²) >= 11 is 0. The van der Waals surface area contributed by atoms with Gasteiger partial charge in [-0.2, -0.15) is 0 Å². The number of carboxylic acids is 1. The molecule has 108 valence electrons. The molecule has 2 heterocycles. The summed E-state index contributed by atoms with van der Waals surface area (Å²) < 4.78 is 5.18. The molecule has 1 amide bonds. The summed E-state index contributed by atoms with van der Waals surface area (Å²) in [6, 6.07) is 3.52. The largest absolute Gasteiger partial charge is 0.479 e. The number of aromatic nitrogens is 1. The van der Waals surface area contributed by atoms with Gasteiger partial charge in [0.25, 0.3) is 5.91 Å². The summed E-state index contributed by atoms with van der Waals surface area (Å²) in [4.78, 5) is 28.7. The number of aliphatic carboxylic acids is 1. The highest BCUT2D eigenvalue weighted by atomic mass is 16.5. The fourth-order valence-electron chi connectivity index (χ4n) is 1.96. The van der Waals surface area contributed by atoms with Crippen molar-refractivity contribution in [2.24, 2.45) is 0 Å². The summed E-state index contributed by atoms with van der Waals surface area (Å²) in [7, 11) is 3.75. The first-order valence-electron chi connectivity index (χ1n) is 6.30. The Morgan fingerprint density at radius 2 is 2.05 bits per heavy atom. The quantitative estimate of drug-likeness (QED) is 0.843. The van der Waals surface area contributed by atoms with Crippen LogP contribution in [0.3, 0.4) is 0 Å². The van der Waals surface area contributed by atoms with Crippen LogP contribution in [0.1, 0.15) is 12.8 Å². The number of anilines is 2. The lowest BCUT2D eigenvalue weighted by atomic mass is 10.2. The van der Waals surface area contributed by atoms with Crippen LogP contribution in [0.5, 0.6) is 0 Å². The number of hydrogen-bond donors (Lipinski definition) is 2. The van der Waals surface area contributed by atoms with Crippen molar-refractivity contribution in [3.8, 4) is 0 Å². The zero-order valence-electron chi connectivity index (χ0n) is 11.4. The molecule has 0 aromatic carbocycles. The van der Waals surface area contributed by atoms with Gasteiger partial charge in [-0.15, -0.1) is 0 Å². The van der Waals surface area contributed by atoms with E-state index >= 15 is 0 Å². The van der Waals surface area contributed by atoms with E-state index in [1.165, 1.54) is 0 Å². The van der Waals surface area contributed by atoms with Crippen LogP contribution < -0.4 is 10.2 Å². The third kappa shape index (κ3) is 3.24. The molecular formula is C13H17N3O4. The Balaban J connectivity index is 1.93. The molecule has 20 heavy (non-hydrogen) atoms. The van der Waals surface area contributed by atoms with Crippen molar-refractivity contribution in [2.75, 3.05) is 24.3 Å². The predicted molar refractivity (Wildman–Crippen MR) is 72.7 cm³/mol. The van der Waals surface area contributed by atoms with Gasteiger partial charge in [-0.05, 0) is 25.0 Å². The van der Waals surface area contributed by atoms with E-state index in [0.29, 0.717) is 18.5 Å². The van der Waals surface area contributed by atoms with E-state index in [1.54, 1.807) is 18.3 Å². The van der Waals surface area contributed by atoms with Gasteiger partial charge in [0.1, 0.15) is 11.9 Å². The number of carbonyl (C=O) groups is 2. The maximum atomic E-state index is 11.9. The lowest BCUT2D eigenvalue weighted by Crippen LogP contribution is -2.30. The topological polar surface area (TPSA) is 91.8 Å². The molecule has 0 spiro atoms. The molecule has 1 aliphatic heterocycles. The number of carboxylic acid groups (broad SMARTS) is 1. The SMILES string of the molecule is CN(C)c1ccc(NC(=O)C2CCC(C(=O)O)O2)cn1. The predicted octanol–water partition coefficient (Wildman–Crippen LogP) is 0.718. The molecule has 7 nitrogen and oxygen atoms in total. The minimum atomic E-state index is -1.03. The molecule has 0 aliphatic carbocycles. The third-order valence-electron chi connectivity index (χ3n) is 3.06. The fourth-order valence-corrected chi connectivity index (χ4v) is 1.96. The molecule has 0 radical (unpaired) electrons. The lowest BCUT2D eigenvalue weighted by molar-refractivity contribution is -0.150. The fraction of sp³-hybridized carbons (Fsp3) is 0.462. The molecule has 0 saturated carbocycles. The number of carbonyl (C=O) groups excluding carboxylic acids is 1. The van der Waals surface area contributed by atoms with Crippen molar-refractivity contribution in [3.63, 3.8) is 0 Å². The molecule has 2 atom stereocenters. The Morgan fingerprint density at radius 3 is 2.55 bits per heavy atom. The number of hydrogen-bond acceptors (Lipinski definition) is 5. The van der Waals surface area contributed by atoms with Crippen LogP contribution in [0, 0.1) is 0 Å². The molecule has 1 aromatic heterocycles. The molecule has 2 unspecified atom stereocenters. The standard InChI is InChI=1S/C13H17N3O4/c1-16(2)11-6-3-8(7-14-11)15-12(17)9-4-5-10(20-9)13(18)19/h3,6-7,9-10H,4-5H2,1-2H3,(H,15,17)(H,18,19). The van der Waals surface area contributed by atoms with E-state index in [0.717, 1.165) is 5.82 Å². The Bertz CT molecular complexity index is 501. The molecule has 1 aliphatic rings. The van der Waals surface area contributed by atoms with Crippen molar-refractivity contribution in [1.29, 1.82) is 0 Å². The van der Waals surface area contributed by atoms with Crippen LogP contribution in [0.25, 0.3) is 0 Å². The lowest BCUT2D eigenvalue weighted by Gasteiger charge is -2.13. The van der Waals surface area contributed by atoms with Gasteiger partial charge in [0.15, 0.2) is 6.10 Å². The Kier molecular flexibility index (Phi) is 4.19. The zero-order valence-corrected chi connectivity index (χ0v) is 11.4. The molecule has 2 N–H and O–H groups in total. The van der Waals surface area contributed by atoms with Crippen molar-refractivity contribution in [3.05, 3.63) is 18.3 Å². The highest BCUT2D eigenvalue weighted by molar-refractivity contribution is 5.94. The second-order valence-electron chi connectivity index (χ2n) is 4.82. The first-order chi connectivity index (χ1) is 9.47. The molecule has 2 rings (SSSR count). The molecule has 0 bridgehead atoms. The zero-order chi connectivity index (χ0) is 14.7. The number of nitrogens with one attached hydrogen (secondary N) is 1. The van der Waals surface area contributed by atoms with Crippen LogP contribution in [-0.4, -0.2) is 48.3 Å². The normalized spacial score (nSPS) is 21.5. The summed E-state index contributed by atoms with van der Waals surface area (Å²) in [5.41, 5.74) is 0.558. The number of nitrogens with zero attached hydrogens (tertiary/aromatic N) is 2. The van der Waals surface area contributed by atoms with Gasteiger partial charge in [0, 0.05) is 14.1 Å². The van der Waals surface area contributed by atoms with Gasteiger partial charge in [0.05, 0.1) is 11.9 Å². The smallest absolute Gasteiger partial charge is 0.332 e. The van der Waals surface area contributed by atoms with Gasteiger partial charge in [-0.25, -0.2) is 9.78 Å². The Morgan fingerprint density at radius 1 is 1.35 bits per heavy atom. The molecule has 1 saturated heterocycles. The minimum absolute atomic E-state index is 0.340. The maximum absolute atomic E-state index is 11.9. The second kappa shape index (κ2) is 5.87. The van der Waals surface area contributed by atoms with E-state index in [2.05, 4.69) is 10.3 Å². The monoisotopic (exact) mass is 279 g/mol. The van der Waals surface area contributed by atoms with Gasteiger partial charge in [-0.1, -0.05) is 0 Å². The highest BCUT2D eigenvalue weighted by Gasteiger charge is 2.34. The number of pyridine rings is 1. The van der Waals surface area contributed by atoms with Crippen molar-refractivity contribution < 1.29 is 19.4 Å². The molecule has 1 fully saturated rings. The summed E-state index contributed by atoms with van der Waals surface area (Å²) in [6.45, 7) is 0. The van der Waals surface area contributed by atoms with E-state index in [9.17, 15) is 9.59 Å². The van der Waals surface area contributed by atoms with E-state index in [4.69, 9.17) is 9.84 Å². The van der Waals surface area contributed by atoms with E-state index in [-0.39, 0.29) is 5.91 Å². The number of rotatable bonds is 4. The van der Waals surface area contributed by atoms with Gasteiger partial charge >= 0.3 is 5.97 Å². The van der Waals surface area contributed by atoms with Crippen LogP contribution >= 0.6 is 0 Å². The van der Waals surface area contributed by atoms with Crippen molar-refractivity contribution in [2.45, 2.75) is 25.0 Å². The van der Waals surface area contributed by atoms with E-state index in [1.807, 2.05) is 19.0 Å². The number of amides is 1. The van der Waals surface area contributed by atoms with Gasteiger partial charge < -0.3 is 20.1 Å². The summed E-state index contributed by atoms with van der Waals surface area (Å²) in [5, 5.41) is 11.5. The second-order valence-corrected chi connectivity index (χ2v) is 4.82. The van der Waals surface area contributed by atoms with Crippen LogP contribution in [0.15, 0.2) is 18.3 Å². The average Bonchev–Trinajstić information content (AvgIpc) is 2.89. The van der Waals surface area contributed by atoms with Crippen LogP contribution in [-0.2, 0) is 14.3 Å². The molecular weight excluding hydrogens is 262 g/mol. The highest BCUT2D eigenvalue weighted by Crippen LogP contribution is 2.21. The number of ether oxygens (including phenoxy) is 1. The third-order valence-corrected chi connectivity index (χ3v) is 3.06. The van der Waals surface area contributed by atoms with Crippen molar-refractivity contribution in [1.82, 2.24) is 4.98 Å². The summed E-state index contributed by atoms with van der Waals surface area (Å²) in [5.74, 6) is -0.587. The van der Waals surface area contributed by atoms with E-state index < -0.39 is 18.2 Å². The average molecular weight is 279 g/mol.